The van der Waals surface area contributed by atoms with Gasteiger partial charge in [-0.05, 0) is 51.5 Å². The summed E-state index contributed by atoms with van der Waals surface area (Å²) < 4.78 is 0. The average Bonchev–Trinajstić information content (AvgIpc) is 2.24. The maximum atomic E-state index is 11.6. The average molecular weight is 298 g/mol. The van der Waals surface area contributed by atoms with Gasteiger partial charge in [0.1, 0.15) is 0 Å². The summed E-state index contributed by atoms with van der Waals surface area (Å²) in [7, 11) is 0. The number of aryl methyl sites for hydroxylation is 1. The van der Waals surface area contributed by atoms with Crippen LogP contribution in [0.1, 0.15) is 26.3 Å². The Balaban J connectivity index is 2.46. The van der Waals surface area contributed by atoms with E-state index in [2.05, 4.69) is 16.0 Å². The first kappa shape index (κ1) is 16.3. The Hall–Kier alpha value is -1.75. The number of imide groups is 1. The lowest BCUT2D eigenvalue weighted by Gasteiger charge is -2.20. The summed E-state index contributed by atoms with van der Waals surface area (Å²) in [6.07, 6.45) is 0. The quantitative estimate of drug-likeness (QED) is 0.803. The van der Waals surface area contributed by atoms with E-state index in [9.17, 15) is 9.59 Å². The molecule has 0 aliphatic heterocycles. The van der Waals surface area contributed by atoms with Gasteiger partial charge in [-0.25, -0.2) is 4.79 Å². The van der Waals surface area contributed by atoms with Crippen LogP contribution in [0.3, 0.4) is 0 Å². The largest absolute Gasteiger partial charge is 0.376 e. The Morgan fingerprint density at radius 2 is 1.90 bits per heavy atom. The van der Waals surface area contributed by atoms with Crippen molar-refractivity contribution in [2.45, 2.75) is 33.2 Å². The van der Waals surface area contributed by atoms with Crippen molar-refractivity contribution in [3.8, 4) is 0 Å². The minimum absolute atomic E-state index is 0.0139. The Morgan fingerprint density at radius 3 is 2.45 bits per heavy atom. The van der Waals surface area contributed by atoms with Gasteiger partial charge in [-0.2, -0.15) is 0 Å². The van der Waals surface area contributed by atoms with Crippen molar-refractivity contribution < 1.29 is 9.59 Å². The van der Waals surface area contributed by atoms with E-state index in [-0.39, 0.29) is 12.1 Å². The monoisotopic (exact) mass is 297 g/mol. The fraction of sp³-hybridized carbons (Fsp3) is 0.429. The van der Waals surface area contributed by atoms with E-state index in [1.807, 2.05) is 27.7 Å². The van der Waals surface area contributed by atoms with Crippen LogP contribution >= 0.6 is 11.6 Å². The number of benzene rings is 1. The Morgan fingerprint density at radius 1 is 1.25 bits per heavy atom. The van der Waals surface area contributed by atoms with E-state index in [1.54, 1.807) is 18.2 Å². The highest BCUT2D eigenvalue weighted by atomic mass is 35.5. The number of halogens is 1. The maximum absolute atomic E-state index is 11.6. The van der Waals surface area contributed by atoms with Gasteiger partial charge in [-0.1, -0.05) is 11.6 Å². The van der Waals surface area contributed by atoms with Crippen LogP contribution in [-0.2, 0) is 4.79 Å². The molecule has 110 valence electrons. The lowest BCUT2D eigenvalue weighted by atomic mass is 10.1. The molecule has 1 aromatic carbocycles. The summed E-state index contributed by atoms with van der Waals surface area (Å²) in [5, 5.41) is 8.51. The second kappa shape index (κ2) is 6.61. The molecular formula is C14H20ClN3O2. The summed E-state index contributed by atoms with van der Waals surface area (Å²) in [6.45, 7) is 7.42. The predicted octanol–water partition coefficient (Wildman–Crippen LogP) is 2.68. The van der Waals surface area contributed by atoms with E-state index >= 15 is 0 Å². The van der Waals surface area contributed by atoms with Gasteiger partial charge in [0, 0.05) is 16.2 Å². The first-order chi connectivity index (χ1) is 9.17. The maximum Gasteiger partial charge on any atom is 0.321 e. The summed E-state index contributed by atoms with van der Waals surface area (Å²) in [5.41, 5.74) is 1.36. The van der Waals surface area contributed by atoms with Crippen LogP contribution in [0.25, 0.3) is 0 Å². The molecule has 0 aliphatic rings. The standard InChI is InChI=1S/C14H20ClN3O2/c1-9-7-10(15)5-6-11(9)16-8-12(19)17-13(20)18-14(2,3)4/h5-7,16H,8H2,1-4H3,(H2,17,18,19,20). The van der Waals surface area contributed by atoms with Crippen molar-refractivity contribution in [3.63, 3.8) is 0 Å². The molecule has 1 aromatic rings. The van der Waals surface area contributed by atoms with Gasteiger partial charge >= 0.3 is 6.03 Å². The number of urea groups is 1. The molecule has 0 saturated carbocycles. The zero-order chi connectivity index (χ0) is 15.3. The van der Waals surface area contributed by atoms with Crippen LogP contribution in [0.4, 0.5) is 10.5 Å². The number of nitrogens with one attached hydrogen (secondary N) is 3. The molecule has 0 bridgehead atoms. The molecule has 20 heavy (non-hydrogen) atoms. The summed E-state index contributed by atoms with van der Waals surface area (Å²) in [4.78, 5) is 23.1. The van der Waals surface area contributed by atoms with Gasteiger partial charge in [0.2, 0.25) is 5.91 Å². The third-order valence-corrected chi connectivity index (χ3v) is 2.60. The van der Waals surface area contributed by atoms with Crippen molar-refractivity contribution >= 4 is 29.2 Å². The van der Waals surface area contributed by atoms with E-state index in [0.29, 0.717) is 5.02 Å². The Bertz CT molecular complexity index is 510. The van der Waals surface area contributed by atoms with E-state index in [0.717, 1.165) is 11.3 Å². The van der Waals surface area contributed by atoms with Crippen LogP contribution in [0.2, 0.25) is 5.02 Å². The number of carbonyl (C=O) groups excluding carboxylic acids is 2. The highest BCUT2D eigenvalue weighted by molar-refractivity contribution is 6.30. The van der Waals surface area contributed by atoms with E-state index in [4.69, 9.17) is 11.6 Å². The van der Waals surface area contributed by atoms with Gasteiger partial charge in [0.25, 0.3) is 0 Å². The molecule has 0 saturated heterocycles. The SMILES string of the molecule is Cc1cc(Cl)ccc1NCC(=O)NC(=O)NC(C)(C)C. The number of rotatable bonds is 3. The molecule has 0 radical (unpaired) electrons. The fourth-order valence-corrected chi connectivity index (χ4v) is 1.77. The van der Waals surface area contributed by atoms with Gasteiger partial charge in [-0.3, -0.25) is 10.1 Å². The molecule has 6 heteroatoms. The van der Waals surface area contributed by atoms with Gasteiger partial charge in [0.15, 0.2) is 0 Å². The first-order valence-corrected chi connectivity index (χ1v) is 6.67. The Kier molecular flexibility index (Phi) is 5.39. The van der Waals surface area contributed by atoms with Crippen molar-refractivity contribution in [1.82, 2.24) is 10.6 Å². The van der Waals surface area contributed by atoms with E-state index in [1.165, 1.54) is 0 Å². The third-order valence-electron chi connectivity index (χ3n) is 2.37. The van der Waals surface area contributed by atoms with Crippen LogP contribution in [-0.4, -0.2) is 24.0 Å². The van der Waals surface area contributed by atoms with Crippen LogP contribution in [0, 0.1) is 6.92 Å². The molecule has 0 unspecified atom stereocenters. The highest BCUT2D eigenvalue weighted by Crippen LogP contribution is 2.19. The highest BCUT2D eigenvalue weighted by Gasteiger charge is 2.15. The molecule has 5 nitrogen and oxygen atoms in total. The van der Waals surface area contributed by atoms with Crippen molar-refractivity contribution in [2.24, 2.45) is 0 Å². The minimum atomic E-state index is -0.503. The summed E-state index contributed by atoms with van der Waals surface area (Å²) in [6, 6.07) is 4.83. The lowest BCUT2D eigenvalue weighted by Crippen LogP contribution is -2.49. The molecular weight excluding hydrogens is 278 g/mol. The van der Waals surface area contributed by atoms with E-state index < -0.39 is 11.9 Å². The third kappa shape index (κ3) is 5.93. The molecule has 3 amide bonds. The molecule has 0 aromatic heterocycles. The molecule has 0 fully saturated rings. The summed E-state index contributed by atoms with van der Waals surface area (Å²) in [5.74, 6) is -0.402. The summed E-state index contributed by atoms with van der Waals surface area (Å²) >= 11 is 5.85. The molecule has 0 spiro atoms. The number of hydrogen-bond acceptors (Lipinski definition) is 3. The Labute approximate surface area is 124 Å². The zero-order valence-electron chi connectivity index (χ0n) is 12.1. The molecule has 3 N–H and O–H groups in total. The minimum Gasteiger partial charge on any atom is -0.376 e. The smallest absolute Gasteiger partial charge is 0.321 e. The molecule has 0 aliphatic carbocycles. The number of anilines is 1. The molecule has 0 heterocycles. The molecule has 0 atom stereocenters. The second-order valence-corrected chi connectivity index (χ2v) is 6.00. The zero-order valence-corrected chi connectivity index (χ0v) is 12.9. The van der Waals surface area contributed by atoms with Crippen LogP contribution < -0.4 is 16.0 Å². The first-order valence-electron chi connectivity index (χ1n) is 6.29. The topological polar surface area (TPSA) is 70.2 Å². The number of carbonyl (C=O) groups is 2. The van der Waals surface area contributed by atoms with Gasteiger partial charge < -0.3 is 10.6 Å². The van der Waals surface area contributed by atoms with Crippen molar-refractivity contribution in [3.05, 3.63) is 28.8 Å². The molecule has 1 rings (SSSR count). The number of amides is 3. The predicted molar refractivity (Wildman–Crippen MR) is 81.1 cm³/mol. The van der Waals surface area contributed by atoms with Crippen LogP contribution in [0.15, 0.2) is 18.2 Å². The number of hydrogen-bond donors (Lipinski definition) is 3. The van der Waals surface area contributed by atoms with Gasteiger partial charge in [0.05, 0.1) is 6.54 Å². The second-order valence-electron chi connectivity index (χ2n) is 5.57. The lowest BCUT2D eigenvalue weighted by molar-refractivity contribution is -0.118. The fourth-order valence-electron chi connectivity index (χ4n) is 1.54. The normalized spacial score (nSPS) is 10.8. The van der Waals surface area contributed by atoms with Gasteiger partial charge in [-0.15, -0.1) is 0 Å². The van der Waals surface area contributed by atoms with Crippen molar-refractivity contribution in [2.75, 3.05) is 11.9 Å². The van der Waals surface area contributed by atoms with Crippen LogP contribution in [0.5, 0.6) is 0 Å². The van der Waals surface area contributed by atoms with Crippen molar-refractivity contribution in [1.29, 1.82) is 0 Å².